The Labute approximate surface area is 268 Å². The van der Waals surface area contributed by atoms with E-state index in [2.05, 4.69) is 5.32 Å². The van der Waals surface area contributed by atoms with Crippen LogP contribution in [0.1, 0.15) is 48.1 Å². The van der Waals surface area contributed by atoms with Crippen molar-refractivity contribution < 1.29 is 18.0 Å². The van der Waals surface area contributed by atoms with E-state index in [0.29, 0.717) is 5.69 Å². The highest BCUT2D eigenvalue weighted by atomic mass is 32.2. The van der Waals surface area contributed by atoms with Gasteiger partial charge in [-0.2, -0.15) is 0 Å². The first-order valence-corrected chi connectivity index (χ1v) is 16.8. The molecule has 2 amide bonds. The van der Waals surface area contributed by atoms with Crippen molar-refractivity contribution >= 4 is 27.5 Å². The summed E-state index contributed by atoms with van der Waals surface area (Å²) < 4.78 is 29.5. The zero-order valence-electron chi connectivity index (χ0n) is 26.7. The van der Waals surface area contributed by atoms with Crippen LogP contribution in [-0.4, -0.2) is 43.8 Å². The molecule has 0 radical (unpaired) electrons. The van der Waals surface area contributed by atoms with Gasteiger partial charge in [-0.3, -0.25) is 13.9 Å². The second-order valence-electron chi connectivity index (χ2n) is 11.6. The smallest absolute Gasteiger partial charge is 0.264 e. The highest BCUT2D eigenvalue weighted by Crippen LogP contribution is 2.28. The van der Waals surface area contributed by atoms with Crippen LogP contribution in [0.5, 0.6) is 0 Å². The molecule has 0 aliphatic rings. The molecule has 4 aromatic rings. The minimum absolute atomic E-state index is 0.0818. The standard InChI is InChI=1S/C37H43N3O4S/c1-6-30(5)38-37(42)35(24-31-15-9-7-10-16-31)39(25-32-17-13-14-27(2)23-32)36(41)26-40(34-21-20-28(3)22-29(34)4)45(43,44)33-18-11-8-12-19-33/h7-23,30,35H,6,24-26H2,1-5H3,(H,38,42)/t30-,35-/m0/s1. The third kappa shape index (κ3) is 8.60. The molecule has 7 nitrogen and oxygen atoms in total. The van der Waals surface area contributed by atoms with Gasteiger partial charge in [0.05, 0.1) is 10.6 Å². The maximum absolute atomic E-state index is 14.6. The van der Waals surface area contributed by atoms with Crippen LogP contribution in [0.2, 0.25) is 0 Å². The molecule has 0 spiro atoms. The Morgan fingerprint density at radius 3 is 2.02 bits per heavy atom. The summed E-state index contributed by atoms with van der Waals surface area (Å²) in [6.07, 6.45) is 1.00. The lowest BCUT2D eigenvalue weighted by atomic mass is 10.0. The van der Waals surface area contributed by atoms with Crippen LogP contribution in [-0.2, 0) is 32.6 Å². The summed E-state index contributed by atoms with van der Waals surface area (Å²) in [6.45, 7) is 9.32. The van der Waals surface area contributed by atoms with Gasteiger partial charge in [0.1, 0.15) is 12.6 Å². The van der Waals surface area contributed by atoms with E-state index in [1.54, 1.807) is 24.3 Å². The molecule has 4 aromatic carbocycles. The molecular formula is C37H43N3O4S. The van der Waals surface area contributed by atoms with Gasteiger partial charge in [0, 0.05) is 19.0 Å². The molecule has 0 saturated heterocycles. The molecule has 2 atom stereocenters. The molecule has 0 aliphatic heterocycles. The van der Waals surface area contributed by atoms with Crippen molar-refractivity contribution in [1.82, 2.24) is 10.2 Å². The predicted octanol–water partition coefficient (Wildman–Crippen LogP) is 6.36. The monoisotopic (exact) mass is 625 g/mol. The number of carbonyl (C=O) groups excluding carboxylic acids is 2. The minimum atomic E-state index is -4.14. The highest BCUT2D eigenvalue weighted by Gasteiger charge is 2.35. The van der Waals surface area contributed by atoms with Gasteiger partial charge >= 0.3 is 0 Å². The van der Waals surface area contributed by atoms with Crippen molar-refractivity contribution in [3.8, 4) is 0 Å². The zero-order valence-corrected chi connectivity index (χ0v) is 27.6. The molecule has 0 fully saturated rings. The van der Waals surface area contributed by atoms with Crippen molar-refractivity contribution in [1.29, 1.82) is 0 Å². The number of rotatable bonds is 13. The van der Waals surface area contributed by atoms with Gasteiger partial charge < -0.3 is 10.2 Å². The molecule has 236 valence electrons. The third-order valence-electron chi connectivity index (χ3n) is 7.94. The average molecular weight is 626 g/mol. The van der Waals surface area contributed by atoms with E-state index in [1.807, 2.05) is 101 Å². The van der Waals surface area contributed by atoms with Gasteiger partial charge in [0.2, 0.25) is 11.8 Å². The lowest BCUT2D eigenvalue weighted by Gasteiger charge is -2.34. The number of nitrogens with zero attached hydrogens (tertiary/aromatic N) is 2. The van der Waals surface area contributed by atoms with Crippen LogP contribution in [0, 0.1) is 20.8 Å². The first-order valence-electron chi connectivity index (χ1n) is 15.3. The Hall–Kier alpha value is -4.43. The lowest BCUT2D eigenvalue weighted by molar-refractivity contribution is -0.140. The molecule has 1 N–H and O–H groups in total. The summed E-state index contributed by atoms with van der Waals surface area (Å²) in [4.78, 5) is 30.2. The summed E-state index contributed by atoms with van der Waals surface area (Å²) in [5, 5.41) is 3.07. The fourth-order valence-electron chi connectivity index (χ4n) is 5.32. The Kier molecular flexibility index (Phi) is 11.2. The molecule has 0 bridgehead atoms. The Balaban J connectivity index is 1.83. The molecular weight excluding hydrogens is 582 g/mol. The Bertz CT molecular complexity index is 1710. The number of benzene rings is 4. The number of carbonyl (C=O) groups is 2. The van der Waals surface area contributed by atoms with Crippen molar-refractivity contribution in [3.05, 3.63) is 131 Å². The summed E-state index contributed by atoms with van der Waals surface area (Å²) in [5.74, 6) is -0.755. The number of nitrogens with one attached hydrogen (secondary N) is 1. The van der Waals surface area contributed by atoms with Crippen molar-refractivity contribution in [2.75, 3.05) is 10.8 Å². The van der Waals surface area contributed by atoms with E-state index in [1.165, 1.54) is 21.3 Å². The van der Waals surface area contributed by atoms with Crippen LogP contribution in [0.3, 0.4) is 0 Å². The average Bonchev–Trinajstić information content (AvgIpc) is 3.02. The van der Waals surface area contributed by atoms with Gasteiger partial charge in [-0.25, -0.2) is 8.42 Å². The molecule has 0 aliphatic carbocycles. The molecule has 0 aromatic heterocycles. The summed E-state index contributed by atoms with van der Waals surface area (Å²) in [6, 6.07) is 30.0. The molecule has 0 saturated carbocycles. The van der Waals surface area contributed by atoms with Crippen LogP contribution in [0.25, 0.3) is 0 Å². The quantitative estimate of drug-likeness (QED) is 0.187. The first kappa shape index (κ1) is 33.5. The van der Waals surface area contributed by atoms with E-state index >= 15 is 0 Å². The zero-order chi connectivity index (χ0) is 32.6. The second-order valence-corrected chi connectivity index (χ2v) is 13.5. The minimum Gasteiger partial charge on any atom is -0.352 e. The van der Waals surface area contributed by atoms with Gasteiger partial charge in [-0.1, -0.05) is 103 Å². The van der Waals surface area contributed by atoms with Gasteiger partial charge in [-0.05, 0) is 69.0 Å². The van der Waals surface area contributed by atoms with Crippen LogP contribution < -0.4 is 9.62 Å². The number of hydrogen-bond acceptors (Lipinski definition) is 4. The number of hydrogen-bond donors (Lipinski definition) is 1. The second kappa shape index (κ2) is 15.0. The Morgan fingerprint density at radius 2 is 1.40 bits per heavy atom. The van der Waals surface area contributed by atoms with E-state index in [9.17, 15) is 18.0 Å². The Morgan fingerprint density at radius 1 is 0.778 bits per heavy atom. The third-order valence-corrected chi connectivity index (χ3v) is 9.71. The number of anilines is 1. The van der Waals surface area contributed by atoms with Crippen LogP contribution >= 0.6 is 0 Å². The molecule has 0 heterocycles. The van der Waals surface area contributed by atoms with Gasteiger partial charge in [0.15, 0.2) is 0 Å². The maximum Gasteiger partial charge on any atom is 0.264 e. The fraction of sp³-hybridized carbons (Fsp3) is 0.297. The van der Waals surface area contributed by atoms with E-state index < -0.39 is 28.5 Å². The highest BCUT2D eigenvalue weighted by molar-refractivity contribution is 7.92. The molecule has 4 rings (SSSR count). The number of amides is 2. The molecule has 8 heteroatoms. The van der Waals surface area contributed by atoms with Crippen LogP contribution in [0.15, 0.2) is 108 Å². The van der Waals surface area contributed by atoms with Crippen LogP contribution in [0.4, 0.5) is 5.69 Å². The van der Waals surface area contributed by atoms with Crippen molar-refractivity contribution in [2.24, 2.45) is 0 Å². The van der Waals surface area contributed by atoms with Crippen molar-refractivity contribution in [3.63, 3.8) is 0 Å². The van der Waals surface area contributed by atoms with Gasteiger partial charge in [-0.15, -0.1) is 0 Å². The molecule has 0 unspecified atom stereocenters. The van der Waals surface area contributed by atoms with Gasteiger partial charge in [0.25, 0.3) is 10.0 Å². The molecule has 45 heavy (non-hydrogen) atoms. The lowest BCUT2D eigenvalue weighted by Crippen LogP contribution is -2.54. The topological polar surface area (TPSA) is 86.8 Å². The van der Waals surface area contributed by atoms with E-state index in [4.69, 9.17) is 0 Å². The van der Waals surface area contributed by atoms with Crippen molar-refractivity contribution in [2.45, 2.75) is 71.0 Å². The normalized spacial score (nSPS) is 12.6. The fourth-order valence-corrected chi connectivity index (χ4v) is 6.82. The summed E-state index contributed by atoms with van der Waals surface area (Å²) in [7, 11) is -4.14. The predicted molar refractivity (Wildman–Crippen MR) is 180 cm³/mol. The van der Waals surface area contributed by atoms with E-state index in [-0.39, 0.29) is 29.8 Å². The first-order chi connectivity index (χ1) is 21.5. The largest absolute Gasteiger partial charge is 0.352 e. The number of aryl methyl sites for hydroxylation is 3. The summed E-state index contributed by atoms with van der Waals surface area (Å²) >= 11 is 0. The SMILES string of the molecule is CC[C@H](C)NC(=O)[C@H](Cc1ccccc1)N(Cc1cccc(C)c1)C(=O)CN(c1ccc(C)cc1C)S(=O)(=O)c1ccccc1. The summed E-state index contributed by atoms with van der Waals surface area (Å²) in [5.41, 5.74) is 4.88. The maximum atomic E-state index is 14.6. The van der Waals surface area contributed by atoms with E-state index in [0.717, 1.165) is 34.2 Å². The number of sulfonamides is 1.